The highest BCUT2D eigenvalue weighted by Gasteiger charge is 2.22. The fourth-order valence-corrected chi connectivity index (χ4v) is 2.63. The number of ether oxygens (including phenoxy) is 1. The monoisotopic (exact) mass is 282 g/mol. The molecule has 1 aliphatic rings. The molecule has 2 nitrogen and oxygen atoms in total. The van der Waals surface area contributed by atoms with Gasteiger partial charge in [0.05, 0.1) is 0 Å². The summed E-state index contributed by atoms with van der Waals surface area (Å²) in [6.07, 6.45) is 1.16. The molecule has 0 bridgehead atoms. The predicted molar refractivity (Wildman–Crippen MR) is 71.7 cm³/mol. The summed E-state index contributed by atoms with van der Waals surface area (Å²) in [5.74, 6) is 1.61. The van der Waals surface area contributed by atoms with Crippen molar-refractivity contribution in [2.75, 3.05) is 0 Å². The van der Waals surface area contributed by atoms with Gasteiger partial charge < -0.3 is 9.15 Å². The van der Waals surface area contributed by atoms with Gasteiger partial charge in [-0.05, 0) is 47.9 Å². The highest BCUT2D eigenvalue weighted by atomic mass is 35.5. The van der Waals surface area contributed by atoms with Crippen LogP contribution in [0, 0.1) is 0 Å². The Balaban J connectivity index is 1.91. The lowest BCUT2D eigenvalue weighted by molar-refractivity contribution is 0.254. The van der Waals surface area contributed by atoms with Crippen molar-refractivity contribution in [1.29, 1.82) is 0 Å². The molecule has 1 aromatic heterocycles. The first-order valence-corrected chi connectivity index (χ1v) is 6.63. The summed E-state index contributed by atoms with van der Waals surface area (Å²) in [7, 11) is 0. The number of furan rings is 1. The molecule has 18 heavy (non-hydrogen) atoms. The first-order chi connectivity index (χ1) is 8.63. The maximum Gasteiger partial charge on any atom is 0.193 e. The molecule has 94 valence electrons. The molecule has 0 saturated heterocycles. The minimum Gasteiger partial charge on any atom is -0.490 e. The molecule has 2 atom stereocenters. The van der Waals surface area contributed by atoms with Crippen molar-refractivity contribution in [3.8, 4) is 5.75 Å². The molecule has 4 heteroatoms. The Morgan fingerprint density at radius 1 is 1.28 bits per heavy atom. The van der Waals surface area contributed by atoms with Crippen LogP contribution in [0.5, 0.6) is 5.75 Å². The van der Waals surface area contributed by atoms with Gasteiger partial charge in [-0.15, -0.1) is 11.6 Å². The van der Waals surface area contributed by atoms with Gasteiger partial charge in [-0.2, -0.15) is 0 Å². The van der Waals surface area contributed by atoms with Gasteiger partial charge in [-0.25, -0.2) is 0 Å². The van der Waals surface area contributed by atoms with Gasteiger partial charge in [0, 0.05) is 6.42 Å². The molecular formula is C14H12Cl2O2. The SMILES string of the molecule is CC1Cc2cc(C(Cl)c3ccc(Cl)o3)ccc2O1. The molecule has 3 rings (SSSR count). The molecule has 0 N–H and O–H groups in total. The minimum absolute atomic E-state index is 0.238. The summed E-state index contributed by atoms with van der Waals surface area (Å²) in [6, 6.07) is 9.50. The summed E-state index contributed by atoms with van der Waals surface area (Å²) in [5.41, 5.74) is 2.20. The van der Waals surface area contributed by atoms with Crippen LogP contribution in [-0.2, 0) is 6.42 Å². The van der Waals surface area contributed by atoms with Crippen molar-refractivity contribution in [3.05, 3.63) is 52.4 Å². The quantitative estimate of drug-likeness (QED) is 0.752. The average molecular weight is 283 g/mol. The maximum absolute atomic E-state index is 6.39. The number of benzene rings is 1. The van der Waals surface area contributed by atoms with Crippen molar-refractivity contribution in [3.63, 3.8) is 0 Å². The van der Waals surface area contributed by atoms with Crippen LogP contribution in [-0.4, -0.2) is 6.10 Å². The van der Waals surface area contributed by atoms with E-state index in [4.69, 9.17) is 32.4 Å². The molecular weight excluding hydrogens is 271 g/mol. The van der Waals surface area contributed by atoms with E-state index < -0.39 is 0 Å². The molecule has 0 spiro atoms. The van der Waals surface area contributed by atoms with Crippen LogP contribution >= 0.6 is 23.2 Å². The Morgan fingerprint density at radius 3 is 2.83 bits per heavy atom. The number of hydrogen-bond acceptors (Lipinski definition) is 2. The van der Waals surface area contributed by atoms with Crippen molar-refractivity contribution in [2.24, 2.45) is 0 Å². The zero-order chi connectivity index (χ0) is 12.7. The predicted octanol–water partition coefficient (Wildman–Crippen LogP) is 4.58. The van der Waals surface area contributed by atoms with E-state index in [2.05, 4.69) is 13.0 Å². The largest absolute Gasteiger partial charge is 0.490 e. The molecule has 1 aliphatic heterocycles. The van der Waals surface area contributed by atoms with Crippen LogP contribution in [0.2, 0.25) is 5.22 Å². The molecule has 0 aliphatic carbocycles. The third-order valence-corrected chi connectivity index (χ3v) is 3.73. The van der Waals surface area contributed by atoms with Gasteiger partial charge in [0.15, 0.2) is 5.22 Å². The topological polar surface area (TPSA) is 22.4 Å². The van der Waals surface area contributed by atoms with E-state index in [9.17, 15) is 0 Å². The molecule has 0 amide bonds. The second kappa shape index (κ2) is 4.52. The van der Waals surface area contributed by atoms with Gasteiger partial charge >= 0.3 is 0 Å². The van der Waals surface area contributed by atoms with Crippen molar-refractivity contribution in [2.45, 2.75) is 24.8 Å². The van der Waals surface area contributed by atoms with Gasteiger partial charge in [0.2, 0.25) is 0 Å². The molecule has 0 fully saturated rings. The Hall–Kier alpha value is -1.12. The van der Waals surface area contributed by atoms with Crippen molar-refractivity contribution in [1.82, 2.24) is 0 Å². The van der Waals surface area contributed by atoms with Crippen molar-refractivity contribution >= 4 is 23.2 Å². The lowest BCUT2D eigenvalue weighted by Crippen LogP contribution is -2.05. The highest BCUT2D eigenvalue weighted by Crippen LogP contribution is 2.36. The number of halogens is 2. The Kier molecular flexibility index (Phi) is 3.00. The molecule has 2 heterocycles. The van der Waals surface area contributed by atoms with Gasteiger partial charge in [0.25, 0.3) is 0 Å². The molecule has 1 aromatic carbocycles. The van der Waals surface area contributed by atoms with E-state index in [1.54, 1.807) is 12.1 Å². The molecule has 2 aromatic rings. The van der Waals surface area contributed by atoms with E-state index in [1.165, 1.54) is 5.56 Å². The normalized spacial score (nSPS) is 19.4. The van der Waals surface area contributed by atoms with Crippen LogP contribution in [0.3, 0.4) is 0 Å². The summed E-state index contributed by atoms with van der Waals surface area (Å²) in [4.78, 5) is 0. The summed E-state index contributed by atoms with van der Waals surface area (Å²) < 4.78 is 11.0. The smallest absolute Gasteiger partial charge is 0.193 e. The van der Waals surface area contributed by atoms with Gasteiger partial charge in [-0.1, -0.05) is 12.1 Å². The molecule has 2 unspecified atom stereocenters. The van der Waals surface area contributed by atoms with Gasteiger partial charge in [-0.3, -0.25) is 0 Å². The van der Waals surface area contributed by atoms with Crippen LogP contribution < -0.4 is 4.74 Å². The summed E-state index contributed by atoms with van der Waals surface area (Å²) in [5, 5.41) is 0.0347. The van der Waals surface area contributed by atoms with E-state index in [1.807, 2.05) is 12.1 Å². The van der Waals surface area contributed by atoms with Crippen LogP contribution in [0.25, 0.3) is 0 Å². The fraction of sp³-hybridized carbons (Fsp3) is 0.286. The van der Waals surface area contributed by atoms with Crippen LogP contribution in [0.15, 0.2) is 34.7 Å². The number of hydrogen-bond donors (Lipinski definition) is 0. The van der Waals surface area contributed by atoms with Crippen LogP contribution in [0.4, 0.5) is 0 Å². The lowest BCUT2D eigenvalue weighted by Gasteiger charge is -2.08. The van der Waals surface area contributed by atoms with Gasteiger partial charge in [0.1, 0.15) is 23.0 Å². The molecule has 0 saturated carbocycles. The third kappa shape index (κ3) is 2.11. The Labute approximate surface area is 115 Å². The second-order valence-electron chi connectivity index (χ2n) is 4.50. The summed E-state index contributed by atoms with van der Waals surface area (Å²) in [6.45, 7) is 2.06. The number of rotatable bonds is 2. The Bertz CT molecular complexity index is 577. The van der Waals surface area contributed by atoms with E-state index in [-0.39, 0.29) is 11.5 Å². The maximum atomic E-state index is 6.39. The van der Waals surface area contributed by atoms with Crippen LogP contribution in [0.1, 0.15) is 29.2 Å². The number of alkyl halides is 1. The number of fused-ring (bicyclic) bond motifs is 1. The molecule has 0 radical (unpaired) electrons. The first kappa shape index (κ1) is 11.9. The zero-order valence-corrected chi connectivity index (χ0v) is 11.3. The lowest BCUT2D eigenvalue weighted by atomic mass is 10.0. The zero-order valence-electron chi connectivity index (χ0n) is 9.82. The summed E-state index contributed by atoms with van der Waals surface area (Å²) >= 11 is 12.1. The average Bonchev–Trinajstić information content (AvgIpc) is 2.92. The first-order valence-electron chi connectivity index (χ1n) is 5.82. The van der Waals surface area contributed by atoms with E-state index in [0.29, 0.717) is 11.0 Å². The van der Waals surface area contributed by atoms with E-state index in [0.717, 1.165) is 17.7 Å². The van der Waals surface area contributed by atoms with Crippen molar-refractivity contribution < 1.29 is 9.15 Å². The van der Waals surface area contributed by atoms with E-state index >= 15 is 0 Å². The third-order valence-electron chi connectivity index (χ3n) is 3.06. The highest BCUT2D eigenvalue weighted by molar-refractivity contribution is 6.29. The second-order valence-corrected chi connectivity index (χ2v) is 5.31. The minimum atomic E-state index is -0.321. The fourth-order valence-electron chi connectivity index (χ4n) is 2.23. The Morgan fingerprint density at radius 2 is 2.11 bits per heavy atom. The standard InChI is InChI=1S/C14H12Cl2O2/c1-8-6-10-7-9(2-3-11(10)17-8)14(16)12-4-5-13(15)18-12/h2-5,7-8,14H,6H2,1H3.